The number of fused-ring (bicyclic) bond motifs is 15. The van der Waals surface area contributed by atoms with Crippen molar-refractivity contribution in [2.24, 2.45) is 4.99 Å². The molecule has 81 heavy (non-hydrogen) atoms. The van der Waals surface area contributed by atoms with Gasteiger partial charge in [0.1, 0.15) is 0 Å². The van der Waals surface area contributed by atoms with Crippen LogP contribution in [0.1, 0.15) is 66.0 Å². The number of aryl methyl sites for hydroxylation is 1. The normalized spacial score (nSPS) is 14.2. The fourth-order valence-corrected chi connectivity index (χ4v) is 13.9. The molecule has 1 aliphatic heterocycles. The first-order valence-electron chi connectivity index (χ1n) is 28.6. The molecule has 11 aromatic carbocycles. The van der Waals surface area contributed by atoms with Crippen molar-refractivity contribution in [1.29, 1.82) is 0 Å². The molecule has 1 atom stereocenters. The topological polar surface area (TPSA) is 17.3 Å². The molecule has 1 unspecified atom stereocenters. The van der Waals surface area contributed by atoms with Gasteiger partial charge in [-0.15, -0.1) is 0 Å². The van der Waals surface area contributed by atoms with Crippen LogP contribution >= 0.6 is 0 Å². The monoisotopic (exact) mass is 1030 g/mol. The Hall–Kier alpha value is -9.89. The molecule has 1 aromatic heterocycles. The molecule has 12 aromatic rings. The number of para-hydroxylation sites is 2. The van der Waals surface area contributed by atoms with Gasteiger partial charge in [0.05, 0.1) is 22.4 Å². The maximum absolute atomic E-state index is 5.96. The minimum atomic E-state index is 0.0218. The molecule has 0 saturated carbocycles. The predicted molar refractivity (Wildman–Crippen MR) is 343 cm³/mol. The van der Waals surface area contributed by atoms with E-state index in [4.69, 9.17) is 18.2 Å². The van der Waals surface area contributed by atoms with Crippen molar-refractivity contribution in [1.82, 2.24) is 4.57 Å². The lowest BCUT2D eigenvalue weighted by atomic mass is 9.82. The van der Waals surface area contributed by atoms with Crippen LogP contribution in [0.5, 0.6) is 0 Å². The molecule has 0 amide bonds. The Morgan fingerprint density at radius 3 is 1.79 bits per heavy atom. The third-order valence-electron chi connectivity index (χ3n) is 17.7. The molecule has 0 fully saturated rings. The smallest absolute Gasteiger partial charge is 0.0737 e. The fraction of sp³-hybridized carbons (Fsp3) is 0.0759. The van der Waals surface area contributed by atoms with Gasteiger partial charge in [-0.2, -0.15) is 0 Å². The average Bonchev–Trinajstić information content (AvgIpc) is 4.13. The number of benzene rings is 11. The highest BCUT2D eigenvalue weighted by Gasteiger charge is 2.33. The molecule has 3 aliphatic rings. The first-order chi connectivity index (χ1) is 39.9. The molecule has 0 saturated heterocycles. The van der Waals surface area contributed by atoms with Crippen molar-refractivity contribution >= 4 is 38.8 Å². The summed E-state index contributed by atoms with van der Waals surface area (Å²) in [5, 5.41) is 2.58. The van der Waals surface area contributed by atoms with Crippen molar-refractivity contribution in [2.45, 2.75) is 39.0 Å². The molecule has 0 radical (unpaired) electrons. The minimum absolute atomic E-state index is 0.0218. The first-order valence-corrected chi connectivity index (χ1v) is 28.6. The Morgan fingerprint density at radius 1 is 0.469 bits per heavy atom. The Morgan fingerprint density at radius 2 is 1.02 bits per heavy atom. The number of hydrogen-bond acceptors (Lipinski definition) is 1. The van der Waals surface area contributed by atoms with E-state index >= 15 is 0 Å². The molecule has 2 heteroatoms. The van der Waals surface area contributed by atoms with Crippen molar-refractivity contribution in [2.75, 3.05) is 0 Å². The second-order valence-electron chi connectivity index (χ2n) is 22.0. The fourth-order valence-electron chi connectivity index (χ4n) is 13.9. The highest BCUT2D eigenvalue weighted by Crippen LogP contribution is 2.53. The van der Waals surface area contributed by atoms with E-state index in [1.165, 1.54) is 122 Å². The van der Waals surface area contributed by atoms with E-state index in [9.17, 15) is 0 Å². The van der Waals surface area contributed by atoms with Gasteiger partial charge < -0.3 is 4.57 Å². The van der Waals surface area contributed by atoms with E-state index in [1.807, 2.05) is 0 Å². The molecule has 2 nitrogen and oxygen atoms in total. The lowest BCUT2D eigenvalue weighted by molar-refractivity contribution is 0.720. The van der Waals surface area contributed by atoms with Gasteiger partial charge in [0.15, 0.2) is 0 Å². The van der Waals surface area contributed by atoms with E-state index in [0.717, 1.165) is 64.1 Å². The Labute approximate surface area is 474 Å². The van der Waals surface area contributed by atoms with Crippen molar-refractivity contribution in [3.63, 3.8) is 0 Å². The van der Waals surface area contributed by atoms with Crippen LogP contribution < -0.4 is 0 Å². The van der Waals surface area contributed by atoms with Crippen LogP contribution in [0.15, 0.2) is 278 Å². The standard InChI is InChI=1S/C79H58N2/c1-5-73(72-38-20-34-60-51(4)59-33-19-35-61(75(59)76(60)72)57-27-18-26-56(48-57)53-24-10-7-11-25-53)80-77(55-42-40-54(41-43-55)52-22-8-6-9-23-52)50(3)49(2)58-44-46-70-66(63-29-13-12-28-62(58)63)45-47-71-69-37-21-36-68-65-31-15-14-30-64(65)67-32-16-17-39-74(67)81(78(68)69)79(70)71/h6-43,45,47-48,58H,2,4-5,44,46H2,1,3H3/b77-50-,80-73+. The maximum Gasteiger partial charge on any atom is 0.0737 e. The zero-order valence-corrected chi connectivity index (χ0v) is 45.7. The van der Waals surface area contributed by atoms with Crippen molar-refractivity contribution in [3.8, 4) is 83.6 Å². The van der Waals surface area contributed by atoms with Crippen LogP contribution in [0.2, 0.25) is 0 Å². The van der Waals surface area contributed by atoms with Gasteiger partial charge in [0.25, 0.3) is 0 Å². The van der Waals surface area contributed by atoms with E-state index in [2.05, 4.69) is 267 Å². The van der Waals surface area contributed by atoms with Crippen molar-refractivity contribution in [3.05, 3.63) is 306 Å². The van der Waals surface area contributed by atoms with Crippen LogP contribution in [0.25, 0.3) is 117 Å². The molecule has 0 N–H and O–H groups in total. The summed E-state index contributed by atoms with van der Waals surface area (Å²) in [6.45, 7) is 14.4. The highest BCUT2D eigenvalue weighted by molar-refractivity contribution is 6.19. The first kappa shape index (κ1) is 48.3. The maximum atomic E-state index is 5.96. The second kappa shape index (κ2) is 19.5. The Kier molecular flexibility index (Phi) is 11.6. The third-order valence-corrected chi connectivity index (χ3v) is 17.7. The number of aliphatic imine (C=N–C) groups is 1. The number of allylic oxidation sites excluding steroid dienone is 2. The summed E-state index contributed by atoms with van der Waals surface area (Å²) in [7, 11) is 0. The van der Waals surface area contributed by atoms with Gasteiger partial charge in [0, 0.05) is 44.7 Å². The summed E-state index contributed by atoms with van der Waals surface area (Å²) in [6, 6.07) is 91.4. The Balaban J connectivity index is 0.888. The zero-order chi connectivity index (χ0) is 54.3. The van der Waals surface area contributed by atoms with Gasteiger partial charge in [0.2, 0.25) is 0 Å². The molecule has 15 rings (SSSR count). The van der Waals surface area contributed by atoms with Gasteiger partial charge in [-0.1, -0.05) is 257 Å². The number of hydrogen-bond donors (Lipinski definition) is 0. The lowest BCUT2D eigenvalue weighted by Crippen LogP contribution is -2.08. The summed E-state index contributed by atoms with van der Waals surface area (Å²) < 4.78 is 2.61. The van der Waals surface area contributed by atoms with E-state index in [-0.39, 0.29) is 5.92 Å². The molecule has 2 heterocycles. The summed E-state index contributed by atoms with van der Waals surface area (Å²) in [5.41, 5.74) is 33.3. The van der Waals surface area contributed by atoms with Crippen LogP contribution in [-0.4, -0.2) is 10.3 Å². The number of aromatic nitrogens is 1. The van der Waals surface area contributed by atoms with Crippen LogP contribution in [0.4, 0.5) is 0 Å². The van der Waals surface area contributed by atoms with Crippen LogP contribution in [0.3, 0.4) is 0 Å². The van der Waals surface area contributed by atoms with Crippen molar-refractivity contribution < 1.29 is 0 Å². The van der Waals surface area contributed by atoms with Gasteiger partial charge >= 0.3 is 0 Å². The summed E-state index contributed by atoms with van der Waals surface area (Å²) in [5.74, 6) is 0.0218. The second-order valence-corrected chi connectivity index (χ2v) is 22.0. The predicted octanol–water partition coefficient (Wildman–Crippen LogP) is 21.1. The van der Waals surface area contributed by atoms with Crippen LogP contribution in [0, 0.1) is 0 Å². The highest BCUT2D eigenvalue weighted by atomic mass is 15.0. The number of rotatable bonds is 9. The van der Waals surface area contributed by atoms with E-state index < -0.39 is 0 Å². The third kappa shape index (κ3) is 7.73. The molecule has 0 spiro atoms. The largest absolute Gasteiger partial charge is 0.308 e. The Bertz CT molecular complexity index is 4640. The number of nitrogens with zero attached hydrogens (tertiary/aromatic N) is 2. The minimum Gasteiger partial charge on any atom is -0.308 e. The van der Waals surface area contributed by atoms with Gasteiger partial charge in [-0.3, -0.25) is 4.99 Å². The summed E-state index contributed by atoms with van der Waals surface area (Å²) in [6.07, 6.45) is 2.48. The molecular formula is C79H58N2. The summed E-state index contributed by atoms with van der Waals surface area (Å²) >= 11 is 0. The van der Waals surface area contributed by atoms with Crippen LogP contribution in [-0.2, 0) is 6.42 Å². The molecular weight excluding hydrogens is 977 g/mol. The molecule has 2 aliphatic carbocycles. The van der Waals surface area contributed by atoms with E-state index in [0.29, 0.717) is 0 Å². The van der Waals surface area contributed by atoms with Gasteiger partial charge in [-0.25, -0.2) is 0 Å². The summed E-state index contributed by atoms with van der Waals surface area (Å²) in [4.78, 5) is 5.96. The quantitative estimate of drug-likeness (QED) is 0.101. The van der Waals surface area contributed by atoms with Gasteiger partial charge in [-0.05, 0) is 144 Å². The zero-order valence-electron chi connectivity index (χ0n) is 45.7. The SMILES string of the molecule is C=C1c2cccc(/C(CC)=N/C(=C(/C)C(=C)C3CCc4c(ccc5c6cccc7c6n(c45)-c4ccccc4-c4ccccc4-7)-c4ccccc43)c3ccc(-c4ccccc4)cc3)c2-c2c1cccc2-c1cccc(-c2ccccc2)c1. The molecule has 384 valence electrons. The average molecular weight is 1040 g/mol. The van der Waals surface area contributed by atoms with E-state index in [1.54, 1.807) is 0 Å². The lowest BCUT2D eigenvalue weighted by Gasteiger charge is -2.23. The molecule has 0 bridgehead atoms.